The zero-order valence-corrected chi connectivity index (χ0v) is 10.1. The van der Waals surface area contributed by atoms with Crippen LogP contribution < -0.4 is 5.56 Å². The minimum atomic E-state index is -1.28. The number of carbonyl (C=O) groups is 1. The summed E-state index contributed by atoms with van der Waals surface area (Å²) in [6.07, 6.45) is 2.50. The first-order chi connectivity index (χ1) is 8.99. The lowest BCUT2D eigenvalue weighted by atomic mass is 10.2. The third-order valence-corrected chi connectivity index (χ3v) is 2.73. The Bertz CT molecular complexity index is 695. The Morgan fingerprint density at radius 1 is 1.42 bits per heavy atom. The number of hydrogen-bond acceptors (Lipinski definition) is 3. The van der Waals surface area contributed by atoms with Crippen LogP contribution in [0.5, 0.6) is 0 Å². The van der Waals surface area contributed by atoms with E-state index in [1.165, 1.54) is 29.0 Å². The second-order valence-corrected chi connectivity index (χ2v) is 4.10. The molecule has 0 bridgehead atoms. The van der Waals surface area contributed by atoms with Crippen molar-refractivity contribution in [3.8, 4) is 0 Å². The molecule has 0 atom stereocenters. The van der Waals surface area contributed by atoms with Crippen molar-refractivity contribution in [1.82, 2.24) is 9.55 Å². The Kier molecular flexibility index (Phi) is 3.41. The third kappa shape index (κ3) is 2.67. The van der Waals surface area contributed by atoms with Crippen molar-refractivity contribution in [2.24, 2.45) is 0 Å². The second kappa shape index (κ2) is 5.01. The van der Waals surface area contributed by atoms with E-state index in [1.807, 2.05) is 0 Å². The van der Waals surface area contributed by atoms with Gasteiger partial charge in [0.25, 0.3) is 5.56 Å². The molecule has 2 heterocycles. The van der Waals surface area contributed by atoms with Crippen LogP contribution in [-0.4, -0.2) is 20.6 Å². The zero-order chi connectivity index (χ0) is 14.0. The number of pyridine rings is 2. The normalized spacial score (nSPS) is 10.4. The third-order valence-electron chi connectivity index (χ3n) is 2.73. The van der Waals surface area contributed by atoms with E-state index in [4.69, 9.17) is 5.11 Å². The molecule has 0 amide bonds. The Morgan fingerprint density at radius 2 is 2.16 bits per heavy atom. The lowest BCUT2D eigenvalue weighted by molar-refractivity contribution is 0.0694. The van der Waals surface area contributed by atoms with Gasteiger partial charge in [-0.1, -0.05) is 0 Å². The maximum absolute atomic E-state index is 13.0. The number of aromatic nitrogens is 2. The summed E-state index contributed by atoms with van der Waals surface area (Å²) in [5, 5.41) is 8.91. The maximum atomic E-state index is 13.0. The molecule has 0 aromatic carbocycles. The first-order valence-electron chi connectivity index (χ1n) is 5.52. The van der Waals surface area contributed by atoms with Gasteiger partial charge in [0.15, 0.2) is 0 Å². The van der Waals surface area contributed by atoms with Gasteiger partial charge < -0.3 is 9.67 Å². The van der Waals surface area contributed by atoms with Crippen molar-refractivity contribution >= 4 is 5.97 Å². The Hall–Kier alpha value is -2.50. The van der Waals surface area contributed by atoms with E-state index in [2.05, 4.69) is 4.98 Å². The molecule has 19 heavy (non-hydrogen) atoms. The number of nitrogens with zero attached hydrogens (tertiary/aromatic N) is 2. The second-order valence-electron chi connectivity index (χ2n) is 4.10. The fourth-order valence-corrected chi connectivity index (χ4v) is 1.75. The van der Waals surface area contributed by atoms with Crippen LogP contribution in [0.15, 0.2) is 35.4 Å². The van der Waals surface area contributed by atoms with Crippen molar-refractivity contribution in [3.63, 3.8) is 0 Å². The predicted octanol–water partition coefficient (Wildman–Crippen LogP) is 1.44. The SMILES string of the molecule is Cc1ccc(C(=O)O)c(=O)n1Cc1cncc(F)c1. The molecule has 0 saturated carbocycles. The van der Waals surface area contributed by atoms with Gasteiger partial charge >= 0.3 is 5.97 Å². The maximum Gasteiger partial charge on any atom is 0.341 e. The van der Waals surface area contributed by atoms with Gasteiger partial charge in [-0.25, -0.2) is 9.18 Å². The summed E-state index contributed by atoms with van der Waals surface area (Å²) in [6.45, 7) is 1.76. The van der Waals surface area contributed by atoms with Crippen molar-refractivity contribution < 1.29 is 14.3 Å². The summed E-state index contributed by atoms with van der Waals surface area (Å²) >= 11 is 0. The number of hydrogen-bond donors (Lipinski definition) is 1. The minimum absolute atomic E-state index is 0.0799. The molecule has 0 aliphatic carbocycles. The quantitative estimate of drug-likeness (QED) is 0.908. The lowest BCUT2D eigenvalue weighted by Crippen LogP contribution is -2.28. The van der Waals surface area contributed by atoms with Gasteiger partial charge in [0, 0.05) is 11.9 Å². The fourth-order valence-electron chi connectivity index (χ4n) is 1.75. The average Bonchev–Trinajstić information content (AvgIpc) is 2.34. The van der Waals surface area contributed by atoms with E-state index in [0.717, 1.165) is 6.20 Å². The summed E-state index contributed by atoms with van der Waals surface area (Å²) in [4.78, 5) is 26.6. The number of aryl methyl sites for hydroxylation is 1. The smallest absolute Gasteiger partial charge is 0.341 e. The van der Waals surface area contributed by atoms with E-state index >= 15 is 0 Å². The van der Waals surface area contributed by atoms with Crippen LogP contribution in [0.4, 0.5) is 4.39 Å². The Morgan fingerprint density at radius 3 is 2.79 bits per heavy atom. The van der Waals surface area contributed by atoms with E-state index in [-0.39, 0.29) is 12.1 Å². The highest BCUT2D eigenvalue weighted by Crippen LogP contribution is 2.06. The van der Waals surface area contributed by atoms with E-state index < -0.39 is 17.3 Å². The molecule has 0 aliphatic rings. The topological polar surface area (TPSA) is 72.2 Å². The molecule has 6 heteroatoms. The molecule has 0 aliphatic heterocycles. The number of halogens is 1. The Balaban J connectivity index is 2.48. The predicted molar refractivity (Wildman–Crippen MR) is 65.7 cm³/mol. The molecule has 0 saturated heterocycles. The molecule has 2 aromatic rings. The highest BCUT2D eigenvalue weighted by Gasteiger charge is 2.12. The van der Waals surface area contributed by atoms with Crippen LogP contribution in [0.3, 0.4) is 0 Å². The first kappa shape index (κ1) is 12.9. The van der Waals surface area contributed by atoms with Gasteiger partial charge in [-0.2, -0.15) is 0 Å². The summed E-state index contributed by atoms with van der Waals surface area (Å²) in [5.74, 6) is -1.78. The van der Waals surface area contributed by atoms with Crippen LogP contribution >= 0.6 is 0 Å². The zero-order valence-electron chi connectivity index (χ0n) is 10.1. The Labute approximate surface area is 108 Å². The van der Waals surface area contributed by atoms with Crippen LogP contribution in [0.1, 0.15) is 21.6 Å². The highest BCUT2D eigenvalue weighted by atomic mass is 19.1. The molecule has 98 valence electrons. The van der Waals surface area contributed by atoms with E-state index in [1.54, 1.807) is 6.92 Å². The lowest BCUT2D eigenvalue weighted by Gasteiger charge is -2.10. The summed E-state index contributed by atoms with van der Waals surface area (Å²) in [5.41, 5.74) is 0.165. The summed E-state index contributed by atoms with van der Waals surface area (Å²) in [7, 11) is 0. The standard InChI is InChI=1S/C13H11FN2O3/c1-8-2-3-11(13(18)19)12(17)16(8)7-9-4-10(14)6-15-5-9/h2-6H,7H2,1H3,(H,18,19). The number of aromatic carboxylic acids is 1. The molecule has 0 radical (unpaired) electrons. The molecule has 2 rings (SSSR count). The first-order valence-corrected chi connectivity index (χ1v) is 5.52. The van der Waals surface area contributed by atoms with Gasteiger partial charge in [-0.15, -0.1) is 0 Å². The summed E-state index contributed by atoms with van der Waals surface area (Å²) in [6, 6.07) is 4.06. The molecule has 0 unspecified atom stereocenters. The molecule has 0 spiro atoms. The van der Waals surface area contributed by atoms with Gasteiger partial charge in [-0.3, -0.25) is 9.78 Å². The highest BCUT2D eigenvalue weighted by molar-refractivity contribution is 5.87. The van der Waals surface area contributed by atoms with Crippen molar-refractivity contribution in [3.05, 3.63) is 63.6 Å². The number of carboxylic acid groups (broad SMARTS) is 1. The fraction of sp³-hybridized carbons (Fsp3) is 0.154. The van der Waals surface area contributed by atoms with Gasteiger partial charge in [0.2, 0.25) is 0 Å². The largest absolute Gasteiger partial charge is 0.477 e. The molecular formula is C13H11FN2O3. The molecule has 1 N–H and O–H groups in total. The van der Waals surface area contributed by atoms with Crippen molar-refractivity contribution in [2.45, 2.75) is 13.5 Å². The van der Waals surface area contributed by atoms with Crippen LogP contribution in [0.25, 0.3) is 0 Å². The van der Waals surface area contributed by atoms with Gasteiger partial charge in [-0.05, 0) is 30.7 Å². The average molecular weight is 262 g/mol. The van der Waals surface area contributed by atoms with Gasteiger partial charge in [0.05, 0.1) is 12.7 Å². The molecule has 0 fully saturated rings. The van der Waals surface area contributed by atoms with Crippen LogP contribution in [0.2, 0.25) is 0 Å². The van der Waals surface area contributed by atoms with E-state index in [9.17, 15) is 14.0 Å². The number of carboxylic acids is 1. The summed E-state index contributed by atoms with van der Waals surface area (Å²) < 4.78 is 14.3. The monoisotopic (exact) mass is 262 g/mol. The van der Waals surface area contributed by atoms with Crippen LogP contribution in [-0.2, 0) is 6.54 Å². The minimum Gasteiger partial charge on any atom is -0.477 e. The molecule has 2 aromatic heterocycles. The van der Waals surface area contributed by atoms with Crippen LogP contribution in [0, 0.1) is 12.7 Å². The van der Waals surface area contributed by atoms with Crippen molar-refractivity contribution in [2.75, 3.05) is 0 Å². The number of rotatable bonds is 3. The van der Waals surface area contributed by atoms with E-state index in [0.29, 0.717) is 11.3 Å². The van der Waals surface area contributed by atoms with Crippen molar-refractivity contribution in [1.29, 1.82) is 0 Å². The molecule has 5 nitrogen and oxygen atoms in total. The molecular weight excluding hydrogens is 251 g/mol. The van der Waals surface area contributed by atoms with Gasteiger partial charge in [0.1, 0.15) is 11.4 Å².